The standard InChI is InChI=1S/C16H21ClN2O3/c1-21-16(20)19-5-2-14(3-6-19)18-10-12-9-13(17)8-11-4-7-22-15(11)12/h8-9,14,18H,2-7,10H2,1H3. The Morgan fingerprint density at radius 2 is 2.23 bits per heavy atom. The van der Waals surface area contributed by atoms with Gasteiger partial charge in [-0.25, -0.2) is 4.79 Å². The van der Waals surface area contributed by atoms with E-state index in [1.165, 1.54) is 12.7 Å². The molecular weight excluding hydrogens is 304 g/mol. The number of benzene rings is 1. The highest BCUT2D eigenvalue weighted by Gasteiger charge is 2.24. The molecule has 3 rings (SSSR count). The van der Waals surface area contributed by atoms with Crippen molar-refractivity contribution >= 4 is 17.7 Å². The Hall–Kier alpha value is -1.46. The van der Waals surface area contributed by atoms with Crippen molar-refractivity contribution in [3.8, 4) is 5.75 Å². The summed E-state index contributed by atoms with van der Waals surface area (Å²) in [5, 5.41) is 4.32. The number of likely N-dealkylation sites (tertiary alicyclic amines) is 1. The summed E-state index contributed by atoms with van der Waals surface area (Å²) >= 11 is 6.18. The lowest BCUT2D eigenvalue weighted by molar-refractivity contribution is 0.109. The van der Waals surface area contributed by atoms with Crippen molar-refractivity contribution in [2.75, 3.05) is 26.8 Å². The van der Waals surface area contributed by atoms with Gasteiger partial charge in [-0.05, 0) is 30.5 Å². The Bertz CT molecular complexity index is 557. The Morgan fingerprint density at radius 1 is 1.45 bits per heavy atom. The number of ether oxygens (including phenoxy) is 2. The van der Waals surface area contributed by atoms with Crippen molar-refractivity contribution in [3.63, 3.8) is 0 Å². The third kappa shape index (κ3) is 3.31. The van der Waals surface area contributed by atoms with Crippen LogP contribution in [0.4, 0.5) is 4.79 Å². The molecule has 1 aromatic carbocycles. The van der Waals surface area contributed by atoms with Gasteiger partial charge in [0.05, 0.1) is 13.7 Å². The quantitative estimate of drug-likeness (QED) is 0.928. The van der Waals surface area contributed by atoms with E-state index in [0.717, 1.165) is 61.8 Å². The highest BCUT2D eigenvalue weighted by atomic mass is 35.5. The number of methoxy groups -OCH3 is 1. The predicted octanol–water partition coefficient (Wildman–Crippen LogP) is 2.60. The molecule has 6 heteroatoms. The SMILES string of the molecule is COC(=O)N1CCC(NCc2cc(Cl)cc3c2OCC3)CC1. The maximum atomic E-state index is 11.5. The first-order valence-electron chi connectivity index (χ1n) is 7.67. The van der Waals surface area contributed by atoms with Crippen molar-refractivity contribution in [1.82, 2.24) is 10.2 Å². The van der Waals surface area contributed by atoms with Gasteiger partial charge in [-0.3, -0.25) is 0 Å². The minimum Gasteiger partial charge on any atom is -0.493 e. The number of fused-ring (bicyclic) bond motifs is 1. The van der Waals surface area contributed by atoms with Crippen LogP contribution in [-0.4, -0.2) is 43.8 Å². The van der Waals surface area contributed by atoms with Crippen LogP contribution >= 0.6 is 11.6 Å². The molecule has 1 amide bonds. The largest absolute Gasteiger partial charge is 0.493 e. The summed E-state index contributed by atoms with van der Waals surface area (Å²) in [6, 6.07) is 4.36. The van der Waals surface area contributed by atoms with E-state index >= 15 is 0 Å². The third-order valence-electron chi connectivity index (χ3n) is 4.33. The lowest BCUT2D eigenvalue weighted by Gasteiger charge is -2.31. The van der Waals surface area contributed by atoms with Crippen LogP contribution in [0.3, 0.4) is 0 Å². The van der Waals surface area contributed by atoms with Crippen molar-refractivity contribution in [2.45, 2.75) is 31.8 Å². The summed E-state index contributed by atoms with van der Waals surface area (Å²) in [7, 11) is 1.42. The first kappa shape index (κ1) is 15.4. The zero-order valence-corrected chi connectivity index (χ0v) is 13.5. The van der Waals surface area contributed by atoms with Gasteiger partial charge in [0.15, 0.2) is 0 Å². The second-order valence-electron chi connectivity index (χ2n) is 5.76. The van der Waals surface area contributed by atoms with E-state index < -0.39 is 0 Å². The van der Waals surface area contributed by atoms with Gasteiger partial charge in [0.1, 0.15) is 5.75 Å². The van der Waals surface area contributed by atoms with Gasteiger partial charge in [0, 0.05) is 42.7 Å². The summed E-state index contributed by atoms with van der Waals surface area (Å²) in [6.45, 7) is 2.94. The maximum Gasteiger partial charge on any atom is 0.409 e. The second-order valence-corrected chi connectivity index (χ2v) is 6.20. The first-order valence-corrected chi connectivity index (χ1v) is 8.05. The Balaban J connectivity index is 1.55. The molecule has 1 aromatic rings. The van der Waals surface area contributed by atoms with Crippen LogP contribution in [0.15, 0.2) is 12.1 Å². The average Bonchev–Trinajstić information content (AvgIpc) is 3.00. The summed E-state index contributed by atoms with van der Waals surface area (Å²) in [4.78, 5) is 13.2. The Morgan fingerprint density at radius 3 is 2.95 bits per heavy atom. The summed E-state index contributed by atoms with van der Waals surface area (Å²) in [5.41, 5.74) is 2.32. The molecule has 0 radical (unpaired) electrons. The maximum absolute atomic E-state index is 11.5. The molecule has 1 N–H and O–H groups in total. The monoisotopic (exact) mass is 324 g/mol. The topological polar surface area (TPSA) is 50.8 Å². The van der Waals surface area contributed by atoms with E-state index in [1.54, 1.807) is 4.90 Å². The lowest BCUT2D eigenvalue weighted by atomic mass is 10.0. The van der Waals surface area contributed by atoms with E-state index in [0.29, 0.717) is 6.04 Å². The third-order valence-corrected chi connectivity index (χ3v) is 4.55. The van der Waals surface area contributed by atoms with Crippen molar-refractivity contribution in [1.29, 1.82) is 0 Å². The van der Waals surface area contributed by atoms with Gasteiger partial charge in [-0.2, -0.15) is 0 Å². The van der Waals surface area contributed by atoms with Gasteiger partial charge in [0.2, 0.25) is 0 Å². The summed E-state index contributed by atoms with van der Waals surface area (Å²) in [6.07, 6.45) is 2.55. The normalized spacial score (nSPS) is 18.0. The van der Waals surface area contributed by atoms with E-state index in [4.69, 9.17) is 21.1 Å². The molecule has 0 bridgehead atoms. The minimum absolute atomic E-state index is 0.237. The molecular formula is C16H21ClN2O3. The van der Waals surface area contributed by atoms with E-state index in [2.05, 4.69) is 5.32 Å². The molecule has 2 heterocycles. The number of halogens is 1. The molecule has 0 spiro atoms. The second kappa shape index (κ2) is 6.75. The Kier molecular flexibility index (Phi) is 4.74. The van der Waals surface area contributed by atoms with Crippen LogP contribution in [0.5, 0.6) is 5.75 Å². The lowest BCUT2D eigenvalue weighted by Crippen LogP contribution is -2.44. The van der Waals surface area contributed by atoms with Gasteiger partial charge in [-0.15, -0.1) is 0 Å². The van der Waals surface area contributed by atoms with Crippen LogP contribution in [0.1, 0.15) is 24.0 Å². The summed E-state index contributed by atoms with van der Waals surface area (Å²) in [5.74, 6) is 0.990. The van der Waals surface area contributed by atoms with E-state index in [1.807, 2.05) is 12.1 Å². The number of hydrogen-bond acceptors (Lipinski definition) is 4. The van der Waals surface area contributed by atoms with Crippen molar-refractivity contribution in [3.05, 3.63) is 28.3 Å². The molecule has 5 nitrogen and oxygen atoms in total. The zero-order chi connectivity index (χ0) is 15.5. The molecule has 2 aliphatic rings. The number of piperidine rings is 1. The number of nitrogens with zero attached hydrogens (tertiary/aromatic N) is 1. The van der Waals surface area contributed by atoms with Gasteiger partial charge < -0.3 is 19.7 Å². The van der Waals surface area contributed by atoms with E-state index in [9.17, 15) is 4.79 Å². The number of hydrogen-bond donors (Lipinski definition) is 1. The number of carbonyl (C=O) groups excluding carboxylic acids is 1. The smallest absolute Gasteiger partial charge is 0.409 e. The number of amides is 1. The van der Waals surface area contributed by atoms with Crippen LogP contribution in [0, 0.1) is 0 Å². The highest BCUT2D eigenvalue weighted by molar-refractivity contribution is 6.30. The molecule has 2 aliphatic heterocycles. The van der Waals surface area contributed by atoms with Crippen LogP contribution < -0.4 is 10.1 Å². The van der Waals surface area contributed by atoms with Crippen LogP contribution in [0.2, 0.25) is 5.02 Å². The van der Waals surface area contributed by atoms with Gasteiger partial charge >= 0.3 is 6.09 Å². The number of carbonyl (C=O) groups is 1. The predicted molar refractivity (Wildman–Crippen MR) is 84.5 cm³/mol. The first-order chi connectivity index (χ1) is 10.7. The molecule has 22 heavy (non-hydrogen) atoms. The fourth-order valence-corrected chi connectivity index (χ4v) is 3.39. The molecule has 0 aliphatic carbocycles. The summed E-state index contributed by atoms with van der Waals surface area (Å²) < 4.78 is 10.5. The minimum atomic E-state index is -0.237. The molecule has 1 saturated heterocycles. The molecule has 0 unspecified atom stereocenters. The number of nitrogens with one attached hydrogen (secondary N) is 1. The fourth-order valence-electron chi connectivity index (χ4n) is 3.13. The van der Waals surface area contributed by atoms with Crippen molar-refractivity contribution < 1.29 is 14.3 Å². The van der Waals surface area contributed by atoms with Crippen LogP contribution in [-0.2, 0) is 17.7 Å². The molecule has 0 atom stereocenters. The van der Waals surface area contributed by atoms with Crippen molar-refractivity contribution in [2.24, 2.45) is 0 Å². The Labute approximate surface area is 135 Å². The molecule has 1 fully saturated rings. The average molecular weight is 325 g/mol. The molecule has 120 valence electrons. The van der Waals surface area contributed by atoms with Gasteiger partial charge in [-0.1, -0.05) is 11.6 Å². The molecule has 0 saturated carbocycles. The molecule has 0 aromatic heterocycles. The number of rotatable bonds is 3. The zero-order valence-electron chi connectivity index (χ0n) is 12.7. The fraction of sp³-hybridized carbons (Fsp3) is 0.562. The van der Waals surface area contributed by atoms with Gasteiger partial charge in [0.25, 0.3) is 0 Å². The highest BCUT2D eigenvalue weighted by Crippen LogP contribution is 2.32. The van der Waals surface area contributed by atoms with E-state index in [-0.39, 0.29) is 6.09 Å². The van der Waals surface area contributed by atoms with Crippen LogP contribution in [0.25, 0.3) is 0 Å².